The van der Waals surface area contributed by atoms with Crippen molar-refractivity contribution in [3.05, 3.63) is 10.6 Å². The van der Waals surface area contributed by atoms with Crippen LogP contribution >= 0.6 is 23.2 Å². The predicted octanol–water partition coefficient (Wildman–Crippen LogP) is 2.18. The first-order chi connectivity index (χ1) is 4.79. The third-order valence-corrected chi connectivity index (χ3v) is 1.80. The van der Waals surface area contributed by atoms with Gasteiger partial charge >= 0.3 is 0 Å². The lowest BCUT2D eigenvalue weighted by Gasteiger charge is -1.85. The minimum absolute atomic E-state index is 0.326. The van der Waals surface area contributed by atoms with Gasteiger partial charge in [0.25, 0.3) is 0 Å². The minimum atomic E-state index is 0.326. The lowest BCUT2D eigenvalue weighted by molar-refractivity contribution is -0.500. The molecule has 0 aromatic heterocycles. The molecule has 0 spiro atoms. The van der Waals surface area contributed by atoms with Crippen LogP contribution in [0.5, 0.6) is 0 Å². The molecule has 1 aliphatic rings. The average molecular weight is 179 g/mol. The van der Waals surface area contributed by atoms with Crippen LogP contribution in [-0.2, 0) is 0 Å². The summed E-state index contributed by atoms with van der Waals surface area (Å²) in [5, 5.41) is 0. The van der Waals surface area contributed by atoms with Gasteiger partial charge in [-0.25, -0.2) is 4.58 Å². The minimum Gasteiger partial charge on any atom is -0.236 e. The Labute approximate surface area is 70.9 Å². The summed E-state index contributed by atoms with van der Waals surface area (Å²) in [6, 6.07) is 0. The van der Waals surface area contributed by atoms with Gasteiger partial charge in [-0.2, -0.15) is 0 Å². The maximum atomic E-state index is 5.42. The van der Waals surface area contributed by atoms with Crippen molar-refractivity contribution in [3.63, 3.8) is 0 Å². The molecule has 10 heavy (non-hydrogen) atoms. The largest absolute Gasteiger partial charge is 0.236 e. The predicted molar refractivity (Wildman–Crippen MR) is 45.1 cm³/mol. The molecule has 1 heterocycles. The van der Waals surface area contributed by atoms with Crippen LogP contribution in [0.3, 0.4) is 0 Å². The van der Waals surface area contributed by atoms with Gasteiger partial charge in [0.1, 0.15) is 17.6 Å². The molecule has 1 fully saturated rings. The molecule has 1 aliphatic heterocycles. The summed E-state index contributed by atoms with van der Waals surface area (Å²) in [5.41, 5.74) is 0. The van der Waals surface area contributed by atoms with Crippen LogP contribution in [0.15, 0.2) is 10.6 Å². The van der Waals surface area contributed by atoms with E-state index in [-0.39, 0.29) is 0 Å². The quantitative estimate of drug-likeness (QED) is 0.542. The van der Waals surface area contributed by atoms with Crippen molar-refractivity contribution in [1.82, 2.24) is 0 Å². The molecule has 1 rings (SSSR count). The van der Waals surface area contributed by atoms with Crippen molar-refractivity contribution in [3.8, 4) is 0 Å². The molecule has 1 saturated heterocycles. The third-order valence-electron chi connectivity index (χ3n) is 1.55. The molecule has 0 saturated carbocycles. The van der Waals surface area contributed by atoms with E-state index in [1.165, 1.54) is 12.8 Å². The van der Waals surface area contributed by atoms with E-state index in [2.05, 4.69) is 4.58 Å². The number of hydrogen-bond donors (Lipinski definition) is 0. The summed E-state index contributed by atoms with van der Waals surface area (Å²) in [4.78, 5) is 0. The highest BCUT2D eigenvalue weighted by Gasteiger charge is 2.10. The topological polar surface area (TPSA) is 3.01 Å². The lowest BCUT2D eigenvalue weighted by atomic mass is 10.4. The van der Waals surface area contributed by atoms with Gasteiger partial charge in [-0.05, 0) is 0 Å². The summed E-state index contributed by atoms with van der Waals surface area (Å²) in [6.45, 7) is 2.27. The average Bonchev–Trinajstić information content (AvgIpc) is 2.34. The first-order valence-electron chi connectivity index (χ1n) is 3.39. The van der Waals surface area contributed by atoms with Gasteiger partial charge in [-0.15, -0.1) is 0 Å². The number of allylic oxidation sites excluding steroid dienone is 1. The van der Waals surface area contributed by atoms with Crippen molar-refractivity contribution in [2.75, 3.05) is 13.1 Å². The Hall–Kier alpha value is -0.0100. The van der Waals surface area contributed by atoms with Gasteiger partial charge in [0, 0.05) is 18.9 Å². The summed E-state index contributed by atoms with van der Waals surface area (Å²) < 4.78 is 2.54. The molecule has 0 aromatic rings. The first kappa shape index (κ1) is 8.09. The fourth-order valence-corrected chi connectivity index (χ4v) is 1.17. The van der Waals surface area contributed by atoms with Crippen LogP contribution in [0, 0.1) is 0 Å². The maximum Gasteiger partial charge on any atom is 0.165 e. The number of halogens is 2. The van der Waals surface area contributed by atoms with Crippen LogP contribution in [0.2, 0.25) is 0 Å². The Morgan fingerprint density at radius 1 is 1.20 bits per heavy atom. The summed E-state index contributed by atoms with van der Waals surface area (Å²) in [5.74, 6) is 0. The molecule has 56 valence electrons. The van der Waals surface area contributed by atoms with E-state index < -0.39 is 0 Å². The summed E-state index contributed by atoms with van der Waals surface area (Å²) in [7, 11) is 0. The number of hydrogen-bond acceptors (Lipinski definition) is 0. The highest BCUT2D eigenvalue weighted by Crippen LogP contribution is 2.05. The van der Waals surface area contributed by atoms with E-state index in [0.29, 0.717) is 4.49 Å². The van der Waals surface area contributed by atoms with Crippen LogP contribution in [0.25, 0.3) is 0 Å². The molecule has 0 atom stereocenters. The summed E-state index contributed by atoms with van der Waals surface area (Å²) >= 11 is 10.8. The van der Waals surface area contributed by atoms with Gasteiger partial charge < -0.3 is 0 Å². The molecule has 0 amide bonds. The molecule has 3 heteroatoms. The monoisotopic (exact) mass is 178 g/mol. The van der Waals surface area contributed by atoms with Crippen molar-refractivity contribution >= 4 is 29.4 Å². The fourth-order valence-electron chi connectivity index (χ4n) is 1.05. The van der Waals surface area contributed by atoms with Crippen molar-refractivity contribution < 1.29 is 4.58 Å². The Kier molecular flexibility index (Phi) is 3.23. The van der Waals surface area contributed by atoms with E-state index in [1.54, 1.807) is 6.08 Å². The Balaban J connectivity index is 2.46. The number of rotatable bonds is 1. The Bertz CT molecular complexity index is 160. The fraction of sp³-hybridized carbons (Fsp3) is 0.571. The van der Waals surface area contributed by atoms with Crippen LogP contribution in [0.4, 0.5) is 0 Å². The van der Waals surface area contributed by atoms with E-state index in [0.717, 1.165) is 13.1 Å². The molecule has 0 bridgehead atoms. The van der Waals surface area contributed by atoms with Gasteiger partial charge in [0.15, 0.2) is 6.21 Å². The second-order valence-electron chi connectivity index (χ2n) is 2.35. The van der Waals surface area contributed by atoms with Gasteiger partial charge in [0.05, 0.1) is 0 Å². The third kappa shape index (κ3) is 2.72. The van der Waals surface area contributed by atoms with Gasteiger partial charge in [-0.1, -0.05) is 23.2 Å². The zero-order valence-corrected chi connectivity index (χ0v) is 7.20. The summed E-state index contributed by atoms with van der Waals surface area (Å²) in [6.07, 6.45) is 6.23. The SMILES string of the molecule is ClC(Cl)=CC=[N+]1CCCC1. The Morgan fingerprint density at radius 3 is 2.30 bits per heavy atom. The van der Waals surface area contributed by atoms with E-state index in [9.17, 15) is 0 Å². The lowest BCUT2D eigenvalue weighted by Crippen LogP contribution is -2.05. The normalized spacial score (nSPS) is 17.2. The van der Waals surface area contributed by atoms with Crippen LogP contribution < -0.4 is 0 Å². The second kappa shape index (κ2) is 3.99. The molecular formula is C7H10Cl2N+. The second-order valence-corrected chi connectivity index (χ2v) is 3.36. The molecule has 0 radical (unpaired) electrons. The van der Waals surface area contributed by atoms with Crippen LogP contribution in [-0.4, -0.2) is 23.9 Å². The van der Waals surface area contributed by atoms with Crippen molar-refractivity contribution in [2.45, 2.75) is 12.8 Å². The van der Waals surface area contributed by atoms with Gasteiger partial charge in [-0.3, -0.25) is 0 Å². The molecule has 1 nitrogen and oxygen atoms in total. The van der Waals surface area contributed by atoms with Gasteiger partial charge in [0.2, 0.25) is 0 Å². The zero-order chi connectivity index (χ0) is 7.40. The smallest absolute Gasteiger partial charge is 0.165 e. The molecule has 0 aromatic carbocycles. The molecule has 0 unspecified atom stereocenters. The highest BCUT2D eigenvalue weighted by atomic mass is 35.5. The Morgan fingerprint density at radius 2 is 1.80 bits per heavy atom. The van der Waals surface area contributed by atoms with Crippen molar-refractivity contribution in [1.29, 1.82) is 0 Å². The van der Waals surface area contributed by atoms with Crippen molar-refractivity contribution in [2.24, 2.45) is 0 Å². The highest BCUT2D eigenvalue weighted by molar-refractivity contribution is 6.56. The zero-order valence-electron chi connectivity index (χ0n) is 5.69. The van der Waals surface area contributed by atoms with E-state index >= 15 is 0 Å². The standard InChI is InChI=1S/C7H10Cl2N/c8-7(9)3-6-10-4-1-2-5-10/h3,6H,1-2,4-5H2/q+1. The van der Waals surface area contributed by atoms with Crippen LogP contribution in [0.1, 0.15) is 12.8 Å². The maximum absolute atomic E-state index is 5.42. The molecular weight excluding hydrogens is 169 g/mol. The van der Waals surface area contributed by atoms with E-state index in [4.69, 9.17) is 23.2 Å². The van der Waals surface area contributed by atoms with E-state index in [1.807, 2.05) is 6.21 Å². The molecule has 0 N–H and O–H groups in total. The molecule has 0 aliphatic carbocycles. The number of nitrogens with zero attached hydrogens (tertiary/aromatic N) is 1. The first-order valence-corrected chi connectivity index (χ1v) is 4.15.